The molecule has 1 aliphatic carbocycles. The van der Waals surface area contributed by atoms with Gasteiger partial charge in [0.05, 0.1) is 0 Å². The Morgan fingerprint density at radius 1 is 1.05 bits per heavy atom. The molecule has 0 bridgehead atoms. The molecule has 2 aromatic carbocycles. The Balaban J connectivity index is 1.19. The Bertz CT molecular complexity index is 1320. The van der Waals surface area contributed by atoms with Gasteiger partial charge in [-0.15, -0.1) is 0 Å². The molecule has 5 rings (SSSR count). The van der Waals surface area contributed by atoms with E-state index in [1.54, 1.807) is 11.0 Å². The number of hydrogen-bond acceptors (Lipinski definition) is 5. The predicted octanol–water partition coefficient (Wildman–Crippen LogP) is 2.12. The fourth-order valence-electron chi connectivity index (χ4n) is 6.10. The van der Waals surface area contributed by atoms with Crippen molar-refractivity contribution in [3.05, 3.63) is 70.3 Å². The SMILES string of the molecule is CC(=O)N[C@@H](CCCc1cccc2c1CN(C1CCC(=O)NC1=O)C2=O)C(=O)NC[C@@H]1CCc2ccccc21. The number of piperidine rings is 1. The lowest BCUT2D eigenvalue weighted by Crippen LogP contribution is -2.52. The van der Waals surface area contributed by atoms with Crippen LogP contribution in [-0.2, 0) is 38.6 Å². The van der Waals surface area contributed by atoms with Crippen molar-refractivity contribution in [1.82, 2.24) is 20.9 Å². The van der Waals surface area contributed by atoms with Crippen molar-refractivity contribution in [1.29, 1.82) is 0 Å². The van der Waals surface area contributed by atoms with Gasteiger partial charge in [-0.25, -0.2) is 0 Å². The topological polar surface area (TPSA) is 125 Å². The molecule has 39 heavy (non-hydrogen) atoms. The van der Waals surface area contributed by atoms with E-state index in [1.807, 2.05) is 24.3 Å². The molecule has 1 unspecified atom stereocenters. The molecule has 2 aromatic rings. The number of fused-ring (bicyclic) bond motifs is 2. The van der Waals surface area contributed by atoms with Gasteiger partial charge in [0.25, 0.3) is 5.91 Å². The molecule has 3 N–H and O–H groups in total. The van der Waals surface area contributed by atoms with Crippen LogP contribution in [-0.4, -0.2) is 53.1 Å². The number of aryl methyl sites for hydroxylation is 2. The highest BCUT2D eigenvalue weighted by molar-refractivity contribution is 6.05. The van der Waals surface area contributed by atoms with E-state index in [0.29, 0.717) is 44.3 Å². The molecule has 2 aliphatic heterocycles. The normalized spacial score (nSPS) is 20.7. The smallest absolute Gasteiger partial charge is 0.255 e. The third-order valence-corrected chi connectivity index (χ3v) is 8.09. The van der Waals surface area contributed by atoms with Crippen LogP contribution in [0.2, 0.25) is 0 Å². The third kappa shape index (κ3) is 5.72. The van der Waals surface area contributed by atoms with Crippen molar-refractivity contribution in [3.8, 4) is 0 Å². The van der Waals surface area contributed by atoms with Crippen molar-refractivity contribution >= 4 is 29.5 Å². The quantitative estimate of drug-likeness (QED) is 0.429. The molecule has 3 atom stereocenters. The van der Waals surface area contributed by atoms with Crippen LogP contribution in [0.3, 0.4) is 0 Å². The summed E-state index contributed by atoms with van der Waals surface area (Å²) in [4.78, 5) is 63.5. The summed E-state index contributed by atoms with van der Waals surface area (Å²) in [7, 11) is 0. The average molecular weight is 531 g/mol. The zero-order chi connectivity index (χ0) is 27.5. The van der Waals surface area contributed by atoms with Crippen LogP contribution in [0.25, 0.3) is 0 Å². The highest BCUT2D eigenvalue weighted by Gasteiger charge is 2.39. The van der Waals surface area contributed by atoms with Gasteiger partial charge >= 0.3 is 0 Å². The van der Waals surface area contributed by atoms with Gasteiger partial charge in [0.2, 0.25) is 23.6 Å². The number of carbonyl (C=O) groups is 5. The van der Waals surface area contributed by atoms with Gasteiger partial charge in [-0.05, 0) is 66.8 Å². The zero-order valence-electron chi connectivity index (χ0n) is 22.1. The van der Waals surface area contributed by atoms with E-state index >= 15 is 0 Å². The first kappa shape index (κ1) is 26.6. The first-order valence-corrected chi connectivity index (χ1v) is 13.7. The van der Waals surface area contributed by atoms with Crippen LogP contribution in [0, 0.1) is 0 Å². The Morgan fingerprint density at radius 2 is 1.87 bits per heavy atom. The van der Waals surface area contributed by atoms with Crippen LogP contribution in [0.4, 0.5) is 0 Å². The van der Waals surface area contributed by atoms with Crippen molar-refractivity contribution in [2.75, 3.05) is 6.54 Å². The first-order chi connectivity index (χ1) is 18.8. The summed E-state index contributed by atoms with van der Waals surface area (Å²) in [5.41, 5.74) is 5.06. The van der Waals surface area contributed by atoms with Gasteiger partial charge in [-0.3, -0.25) is 29.3 Å². The molecular weight excluding hydrogens is 496 g/mol. The Labute approximate surface area is 227 Å². The minimum atomic E-state index is -0.657. The molecule has 0 radical (unpaired) electrons. The molecule has 9 heteroatoms. The van der Waals surface area contributed by atoms with Gasteiger partial charge in [-0.2, -0.15) is 0 Å². The number of rotatable bonds is 9. The molecule has 0 spiro atoms. The van der Waals surface area contributed by atoms with Crippen LogP contribution in [0.5, 0.6) is 0 Å². The molecule has 2 heterocycles. The Morgan fingerprint density at radius 3 is 2.67 bits per heavy atom. The molecule has 9 nitrogen and oxygen atoms in total. The van der Waals surface area contributed by atoms with Gasteiger partial charge in [-0.1, -0.05) is 36.4 Å². The molecule has 0 aromatic heterocycles. The summed E-state index contributed by atoms with van der Waals surface area (Å²) in [6.45, 7) is 2.26. The van der Waals surface area contributed by atoms with Crippen LogP contribution in [0.1, 0.15) is 77.6 Å². The Kier molecular flexibility index (Phi) is 7.77. The molecule has 0 saturated carbocycles. The second kappa shape index (κ2) is 11.4. The summed E-state index contributed by atoms with van der Waals surface area (Å²) in [6.07, 6.45) is 4.26. The monoisotopic (exact) mass is 530 g/mol. The lowest BCUT2D eigenvalue weighted by molar-refractivity contribution is -0.137. The van der Waals surface area contributed by atoms with Crippen molar-refractivity contribution in [3.63, 3.8) is 0 Å². The predicted molar refractivity (Wildman–Crippen MR) is 144 cm³/mol. The van der Waals surface area contributed by atoms with Gasteiger partial charge in [0, 0.05) is 37.9 Å². The molecular formula is C30H34N4O5. The summed E-state index contributed by atoms with van der Waals surface area (Å²) in [6, 6.07) is 12.6. The fraction of sp³-hybridized carbons (Fsp3) is 0.433. The molecule has 1 saturated heterocycles. The maximum absolute atomic E-state index is 13.1. The largest absolute Gasteiger partial charge is 0.354 e. The molecule has 204 valence electrons. The van der Waals surface area contributed by atoms with Crippen molar-refractivity contribution in [2.45, 2.75) is 76.4 Å². The summed E-state index contributed by atoms with van der Waals surface area (Å²) >= 11 is 0. The number of amides is 5. The van der Waals surface area contributed by atoms with E-state index in [2.05, 4.69) is 28.1 Å². The van der Waals surface area contributed by atoms with E-state index in [-0.39, 0.29) is 36.0 Å². The van der Waals surface area contributed by atoms with E-state index in [9.17, 15) is 24.0 Å². The minimum Gasteiger partial charge on any atom is -0.354 e. The van der Waals surface area contributed by atoms with Gasteiger partial charge in [0.1, 0.15) is 12.1 Å². The highest BCUT2D eigenvalue weighted by atomic mass is 16.2. The highest BCUT2D eigenvalue weighted by Crippen LogP contribution is 2.32. The fourth-order valence-corrected chi connectivity index (χ4v) is 6.10. The number of hydrogen-bond donors (Lipinski definition) is 3. The molecule has 1 fully saturated rings. The van der Waals surface area contributed by atoms with Crippen molar-refractivity contribution in [2.24, 2.45) is 0 Å². The van der Waals surface area contributed by atoms with E-state index in [4.69, 9.17) is 0 Å². The van der Waals surface area contributed by atoms with Crippen molar-refractivity contribution < 1.29 is 24.0 Å². The lowest BCUT2D eigenvalue weighted by atomic mass is 9.97. The number of imide groups is 1. The zero-order valence-corrected chi connectivity index (χ0v) is 22.1. The summed E-state index contributed by atoms with van der Waals surface area (Å²) < 4.78 is 0. The second-order valence-electron chi connectivity index (χ2n) is 10.7. The second-order valence-corrected chi connectivity index (χ2v) is 10.7. The average Bonchev–Trinajstić information content (AvgIpc) is 3.48. The van der Waals surface area contributed by atoms with E-state index < -0.39 is 18.0 Å². The molecule has 3 aliphatic rings. The maximum atomic E-state index is 13.1. The maximum Gasteiger partial charge on any atom is 0.255 e. The van der Waals surface area contributed by atoms with Crippen LogP contribution < -0.4 is 16.0 Å². The van der Waals surface area contributed by atoms with E-state index in [0.717, 1.165) is 24.0 Å². The Hall–Kier alpha value is -4.01. The number of nitrogens with zero attached hydrogens (tertiary/aromatic N) is 1. The number of nitrogens with one attached hydrogen (secondary N) is 3. The number of carbonyl (C=O) groups excluding carboxylic acids is 5. The van der Waals surface area contributed by atoms with Gasteiger partial charge < -0.3 is 15.5 Å². The van der Waals surface area contributed by atoms with Crippen LogP contribution >= 0.6 is 0 Å². The third-order valence-electron chi connectivity index (χ3n) is 8.09. The summed E-state index contributed by atoms with van der Waals surface area (Å²) in [5, 5.41) is 8.17. The molecule has 5 amide bonds. The van der Waals surface area contributed by atoms with Gasteiger partial charge in [0.15, 0.2) is 0 Å². The lowest BCUT2D eigenvalue weighted by Gasteiger charge is -2.29. The van der Waals surface area contributed by atoms with Crippen LogP contribution in [0.15, 0.2) is 42.5 Å². The minimum absolute atomic E-state index is 0.188. The first-order valence-electron chi connectivity index (χ1n) is 13.7. The van der Waals surface area contributed by atoms with E-state index in [1.165, 1.54) is 18.1 Å². The summed E-state index contributed by atoms with van der Waals surface area (Å²) in [5.74, 6) is -1.11. The number of benzene rings is 2. The standard InChI is InChI=1S/C30H34N4O5/c1-18(35)32-25(28(37)31-16-21-13-12-20-6-2-3-9-22(20)21)11-5-8-19-7-4-10-23-24(19)17-34(30(23)39)26-14-15-27(36)33-29(26)38/h2-4,6-7,9-10,21,25-26H,5,8,11-17H2,1H3,(H,31,37)(H,32,35)(H,33,36,38)/t21-,25-,26?/m0/s1.